The van der Waals surface area contributed by atoms with Crippen LogP contribution in [-0.4, -0.2) is 52.8 Å². The van der Waals surface area contributed by atoms with Gasteiger partial charge in [0.05, 0.1) is 7.11 Å². The molecule has 152 valence electrons. The second kappa shape index (κ2) is 7.06. The quantitative estimate of drug-likeness (QED) is 0.684. The fourth-order valence-corrected chi connectivity index (χ4v) is 4.85. The molecule has 1 aromatic heterocycles. The highest BCUT2D eigenvalue weighted by molar-refractivity contribution is 5.97. The molecule has 6 heteroatoms. The average molecular weight is 401 g/mol. The number of hydrogen-bond donors (Lipinski definition) is 1. The number of H-pyrrole nitrogens is 1. The van der Waals surface area contributed by atoms with Crippen molar-refractivity contribution in [3.05, 3.63) is 78.0 Å². The predicted octanol–water partition coefficient (Wildman–Crippen LogP) is 3.05. The van der Waals surface area contributed by atoms with Crippen LogP contribution in [0.5, 0.6) is 5.75 Å². The molecule has 2 atom stereocenters. The predicted molar refractivity (Wildman–Crippen MR) is 114 cm³/mol. The van der Waals surface area contributed by atoms with E-state index in [0.29, 0.717) is 18.7 Å². The Morgan fingerprint density at radius 1 is 1.17 bits per heavy atom. The third-order valence-electron chi connectivity index (χ3n) is 6.13. The number of benzene rings is 2. The van der Waals surface area contributed by atoms with Gasteiger partial charge in [0.15, 0.2) is 0 Å². The summed E-state index contributed by atoms with van der Waals surface area (Å²) in [4.78, 5) is 33.5. The molecule has 0 spiro atoms. The van der Waals surface area contributed by atoms with Gasteiger partial charge in [0, 0.05) is 35.1 Å². The highest BCUT2D eigenvalue weighted by atomic mass is 16.5. The first-order valence-corrected chi connectivity index (χ1v) is 10.1. The van der Waals surface area contributed by atoms with E-state index < -0.39 is 12.1 Å². The van der Waals surface area contributed by atoms with Gasteiger partial charge in [-0.1, -0.05) is 42.5 Å². The van der Waals surface area contributed by atoms with Crippen molar-refractivity contribution in [1.82, 2.24) is 14.8 Å². The van der Waals surface area contributed by atoms with Crippen LogP contribution in [0, 0.1) is 0 Å². The van der Waals surface area contributed by atoms with E-state index in [1.54, 1.807) is 23.0 Å². The number of methoxy groups -OCH3 is 1. The van der Waals surface area contributed by atoms with Crippen LogP contribution in [0.25, 0.3) is 10.9 Å². The number of nitrogens with zero attached hydrogens (tertiary/aromatic N) is 2. The fourth-order valence-electron chi connectivity index (χ4n) is 4.85. The number of aromatic nitrogens is 1. The zero-order valence-corrected chi connectivity index (χ0v) is 16.8. The minimum absolute atomic E-state index is 0.0367. The largest absolute Gasteiger partial charge is 0.496 e. The maximum absolute atomic E-state index is 13.3. The van der Waals surface area contributed by atoms with Gasteiger partial charge >= 0.3 is 0 Å². The van der Waals surface area contributed by atoms with E-state index in [1.165, 1.54) is 0 Å². The van der Waals surface area contributed by atoms with Crippen LogP contribution in [-0.2, 0) is 16.0 Å². The number of carbonyl (C=O) groups excluding carboxylic acids is 2. The molecule has 0 saturated carbocycles. The molecule has 2 aromatic carbocycles. The van der Waals surface area contributed by atoms with Crippen LogP contribution in [0.4, 0.5) is 0 Å². The maximum Gasteiger partial charge on any atom is 0.246 e. The number of piperazine rings is 1. The van der Waals surface area contributed by atoms with Crippen molar-refractivity contribution in [3.63, 3.8) is 0 Å². The number of nitrogens with one attached hydrogen (secondary N) is 1. The minimum atomic E-state index is -0.548. The molecule has 0 radical (unpaired) electrons. The van der Waals surface area contributed by atoms with Gasteiger partial charge in [-0.15, -0.1) is 6.58 Å². The van der Waals surface area contributed by atoms with Crippen molar-refractivity contribution in [2.75, 3.05) is 20.2 Å². The Morgan fingerprint density at radius 3 is 2.73 bits per heavy atom. The monoisotopic (exact) mass is 401 g/mol. The smallest absolute Gasteiger partial charge is 0.246 e. The van der Waals surface area contributed by atoms with Crippen LogP contribution < -0.4 is 4.74 Å². The summed E-state index contributed by atoms with van der Waals surface area (Å²) >= 11 is 0. The third kappa shape index (κ3) is 2.64. The maximum atomic E-state index is 13.3. The molecule has 2 amide bonds. The summed E-state index contributed by atoms with van der Waals surface area (Å²) in [5.41, 5.74) is 3.92. The molecule has 6 nitrogen and oxygen atoms in total. The van der Waals surface area contributed by atoms with Gasteiger partial charge < -0.3 is 19.5 Å². The van der Waals surface area contributed by atoms with Gasteiger partial charge in [-0.3, -0.25) is 9.59 Å². The van der Waals surface area contributed by atoms with Crippen molar-refractivity contribution in [2.45, 2.75) is 18.5 Å². The molecule has 0 bridgehead atoms. The molecular formula is C24H23N3O3. The Labute approximate surface area is 174 Å². The third-order valence-corrected chi connectivity index (χ3v) is 6.13. The number of aromatic amines is 1. The lowest BCUT2D eigenvalue weighted by molar-refractivity contribution is -0.158. The SMILES string of the molecule is C=CCN1CC(=O)N2C(c3ccccc3OC)c3[nH]c4ccccc4c3C[C@H]2C1=O. The van der Waals surface area contributed by atoms with Crippen LogP contribution in [0.3, 0.4) is 0 Å². The molecule has 1 saturated heterocycles. The normalized spacial score (nSPS) is 20.8. The molecule has 3 aromatic rings. The molecule has 1 fully saturated rings. The van der Waals surface area contributed by atoms with E-state index in [1.807, 2.05) is 42.5 Å². The van der Waals surface area contributed by atoms with Crippen molar-refractivity contribution in [1.29, 1.82) is 0 Å². The van der Waals surface area contributed by atoms with Gasteiger partial charge in [-0.25, -0.2) is 0 Å². The lowest BCUT2D eigenvalue weighted by Crippen LogP contribution is -2.63. The first-order chi connectivity index (χ1) is 14.6. The lowest BCUT2D eigenvalue weighted by atomic mass is 9.86. The van der Waals surface area contributed by atoms with Crippen LogP contribution in [0.15, 0.2) is 61.2 Å². The topological polar surface area (TPSA) is 65.6 Å². The van der Waals surface area contributed by atoms with Gasteiger partial charge in [0.1, 0.15) is 24.4 Å². The number of ether oxygens (including phenoxy) is 1. The summed E-state index contributed by atoms with van der Waals surface area (Å²) in [5.74, 6) is 0.591. The van der Waals surface area contributed by atoms with E-state index in [-0.39, 0.29) is 18.4 Å². The molecule has 2 aliphatic heterocycles. The molecule has 0 aliphatic carbocycles. The zero-order valence-electron chi connectivity index (χ0n) is 16.8. The average Bonchev–Trinajstić information content (AvgIpc) is 3.14. The Kier molecular flexibility index (Phi) is 4.35. The Bertz CT molecular complexity index is 1170. The fraction of sp³-hybridized carbons (Fsp3) is 0.250. The Morgan fingerprint density at radius 2 is 1.93 bits per heavy atom. The standard InChI is InChI=1S/C24H23N3O3/c1-3-12-26-14-21(28)27-19(24(26)29)13-17-15-8-4-6-10-18(15)25-22(17)23(27)16-9-5-7-11-20(16)30-2/h3-11,19,23,25H,1,12-14H2,2H3/t19-,23?/m0/s1. The minimum Gasteiger partial charge on any atom is -0.496 e. The molecule has 30 heavy (non-hydrogen) atoms. The number of fused-ring (bicyclic) bond motifs is 4. The number of amides is 2. The lowest BCUT2D eigenvalue weighted by Gasteiger charge is -2.47. The number of para-hydroxylation sites is 2. The second-order valence-electron chi connectivity index (χ2n) is 7.74. The van der Waals surface area contributed by atoms with Crippen molar-refractivity contribution in [2.24, 2.45) is 0 Å². The highest BCUT2D eigenvalue weighted by Crippen LogP contribution is 2.44. The molecule has 2 aliphatic rings. The van der Waals surface area contributed by atoms with Gasteiger partial charge in [0.25, 0.3) is 0 Å². The zero-order chi connectivity index (χ0) is 20.8. The molecule has 1 N–H and O–H groups in total. The summed E-state index contributed by atoms with van der Waals surface area (Å²) in [6.45, 7) is 4.16. The van der Waals surface area contributed by atoms with Gasteiger partial charge in [0.2, 0.25) is 11.8 Å². The second-order valence-corrected chi connectivity index (χ2v) is 7.74. The number of hydrogen-bond acceptors (Lipinski definition) is 3. The Hall–Kier alpha value is -3.54. The van der Waals surface area contributed by atoms with Crippen LogP contribution in [0.2, 0.25) is 0 Å². The van der Waals surface area contributed by atoms with Crippen molar-refractivity contribution >= 4 is 22.7 Å². The van der Waals surface area contributed by atoms with E-state index in [0.717, 1.165) is 27.7 Å². The first kappa shape index (κ1) is 18.5. The highest BCUT2D eigenvalue weighted by Gasteiger charge is 2.48. The van der Waals surface area contributed by atoms with Gasteiger partial charge in [-0.2, -0.15) is 0 Å². The summed E-state index contributed by atoms with van der Waals surface area (Å²) in [7, 11) is 1.63. The summed E-state index contributed by atoms with van der Waals surface area (Å²) in [5, 5.41) is 1.09. The molecule has 5 rings (SSSR count). The van der Waals surface area contributed by atoms with Crippen molar-refractivity contribution in [3.8, 4) is 5.75 Å². The van der Waals surface area contributed by atoms with Crippen molar-refractivity contribution < 1.29 is 14.3 Å². The summed E-state index contributed by atoms with van der Waals surface area (Å²) in [6.07, 6.45) is 2.15. The summed E-state index contributed by atoms with van der Waals surface area (Å²) in [6, 6.07) is 14.8. The van der Waals surface area contributed by atoms with Crippen LogP contribution in [0.1, 0.15) is 22.9 Å². The molecule has 3 heterocycles. The van der Waals surface area contributed by atoms with E-state index >= 15 is 0 Å². The van der Waals surface area contributed by atoms with Gasteiger partial charge in [-0.05, 0) is 17.7 Å². The Balaban J connectivity index is 1.74. The molecule has 1 unspecified atom stereocenters. The summed E-state index contributed by atoms with van der Waals surface area (Å²) < 4.78 is 5.63. The van der Waals surface area contributed by atoms with E-state index in [2.05, 4.69) is 17.6 Å². The molecular weight excluding hydrogens is 378 g/mol. The number of rotatable bonds is 4. The van der Waals surface area contributed by atoms with Crippen LogP contribution >= 0.6 is 0 Å². The van der Waals surface area contributed by atoms with E-state index in [9.17, 15) is 9.59 Å². The first-order valence-electron chi connectivity index (χ1n) is 10.1. The van der Waals surface area contributed by atoms with E-state index in [4.69, 9.17) is 4.74 Å². The number of carbonyl (C=O) groups is 2.